The van der Waals surface area contributed by atoms with Crippen molar-refractivity contribution in [3.63, 3.8) is 0 Å². The number of carboxylic acid groups (broad SMARTS) is 1. The Hall–Kier alpha value is -2.05. The number of carbonyl (C=O) groups excluding carboxylic acids is 1. The summed E-state index contributed by atoms with van der Waals surface area (Å²) in [6, 6.07) is 12.1. The number of carboxylic acids is 1. The van der Waals surface area contributed by atoms with Gasteiger partial charge >= 0.3 is 0 Å². The Bertz CT molecular complexity index is 887. The lowest BCUT2D eigenvalue weighted by Crippen LogP contribution is -2.22. The number of halogens is 2. The molecule has 3 aromatic rings. The maximum Gasteiger partial charge on any atom is 0.131 e. The molecule has 2 aromatic carbocycles. The van der Waals surface area contributed by atoms with Gasteiger partial charge in [-0.15, -0.1) is 11.3 Å². The Morgan fingerprint density at radius 2 is 2.09 bits per heavy atom. The zero-order valence-corrected chi connectivity index (χ0v) is 14.2. The molecule has 0 amide bonds. The molecule has 0 saturated carbocycles. The van der Waals surface area contributed by atoms with Crippen LogP contribution in [-0.4, -0.2) is 11.0 Å². The van der Waals surface area contributed by atoms with Crippen molar-refractivity contribution in [2.75, 3.05) is 0 Å². The summed E-state index contributed by atoms with van der Waals surface area (Å²) in [7, 11) is 0. The van der Waals surface area contributed by atoms with E-state index in [1.807, 2.05) is 24.3 Å². The third-order valence-corrected chi connectivity index (χ3v) is 4.80. The van der Waals surface area contributed by atoms with Gasteiger partial charge in [-0.3, -0.25) is 0 Å². The summed E-state index contributed by atoms with van der Waals surface area (Å²) in [6.45, 7) is 0. The molecule has 0 aliphatic heterocycles. The highest BCUT2D eigenvalue weighted by Crippen LogP contribution is 2.30. The van der Waals surface area contributed by atoms with Crippen LogP contribution in [0.2, 0.25) is 0 Å². The van der Waals surface area contributed by atoms with E-state index in [0.717, 1.165) is 10.2 Å². The molecular formula is C17H10BrFNO2S-. The van der Waals surface area contributed by atoms with Crippen LogP contribution < -0.4 is 5.11 Å². The van der Waals surface area contributed by atoms with Crippen LogP contribution in [0.4, 0.5) is 4.39 Å². The van der Waals surface area contributed by atoms with Gasteiger partial charge in [-0.25, -0.2) is 9.37 Å². The summed E-state index contributed by atoms with van der Waals surface area (Å²) in [6.07, 6.45) is 1.19. The number of aromatic nitrogens is 1. The van der Waals surface area contributed by atoms with E-state index < -0.39 is 11.8 Å². The van der Waals surface area contributed by atoms with Crippen molar-refractivity contribution >= 4 is 55.1 Å². The highest BCUT2D eigenvalue weighted by Gasteiger charge is 2.11. The van der Waals surface area contributed by atoms with E-state index in [9.17, 15) is 14.3 Å². The van der Waals surface area contributed by atoms with Crippen molar-refractivity contribution in [3.8, 4) is 0 Å². The molecule has 0 fully saturated rings. The molecule has 3 nitrogen and oxygen atoms in total. The molecule has 1 aromatic heterocycles. The average molecular weight is 391 g/mol. The number of para-hydroxylation sites is 1. The van der Waals surface area contributed by atoms with Gasteiger partial charge in [-0.2, -0.15) is 0 Å². The molecule has 0 atom stereocenters. The van der Waals surface area contributed by atoms with Gasteiger partial charge in [0.25, 0.3) is 0 Å². The average Bonchev–Trinajstić information content (AvgIpc) is 2.92. The highest BCUT2D eigenvalue weighted by atomic mass is 79.9. The number of hydrogen-bond donors (Lipinski definition) is 0. The van der Waals surface area contributed by atoms with Crippen molar-refractivity contribution in [1.29, 1.82) is 0 Å². The van der Waals surface area contributed by atoms with Gasteiger partial charge in [0.2, 0.25) is 0 Å². The van der Waals surface area contributed by atoms with Crippen LogP contribution in [0.25, 0.3) is 21.9 Å². The number of rotatable bonds is 4. The second-order valence-corrected chi connectivity index (χ2v) is 6.82. The van der Waals surface area contributed by atoms with E-state index >= 15 is 0 Å². The minimum Gasteiger partial charge on any atom is -0.550 e. The zero-order chi connectivity index (χ0) is 16.4. The number of thiazole rings is 1. The standard InChI is InChI=1S/C17H11BrFNO2S/c18-12-6-5-10(13(19)9-12)7-11(8-16(21)22)17-20-14-3-1-2-4-15(14)23-17/h1-7,9H,8H2,(H,21,22)/p-1/b11-7+. The molecule has 0 bridgehead atoms. The quantitative estimate of drug-likeness (QED) is 0.679. The molecule has 0 spiro atoms. The van der Waals surface area contributed by atoms with Gasteiger partial charge in [0, 0.05) is 22.4 Å². The van der Waals surface area contributed by atoms with E-state index in [1.54, 1.807) is 12.1 Å². The van der Waals surface area contributed by atoms with Crippen LogP contribution in [0.5, 0.6) is 0 Å². The van der Waals surface area contributed by atoms with Gasteiger partial charge in [0.05, 0.1) is 10.2 Å². The van der Waals surface area contributed by atoms with Crippen LogP contribution in [-0.2, 0) is 4.79 Å². The van der Waals surface area contributed by atoms with Crippen LogP contribution >= 0.6 is 27.3 Å². The first-order valence-electron chi connectivity index (χ1n) is 6.74. The predicted octanol–water partition coefficient (Wildman–Crippen LogP) is 3.88. The highest BCUT2D eigenvalue weighted by molar-refractivity contribution is 9.10. The third-order valence-electron chi connectivity index (χ3n) is 3.20. The second kappa shape index (κ2) is 6.60. The molecule has 1 heterocycles. The summed E-state index contributed by atoms with van der Waals surface area (Å²) in [5.74, 6) is -1.66. The minimum atomic E-state index is -1.23. The molecule has 0 unspecified atom stereocenters. The number of aliphatic carboxylic acids is 1. The Labute approximate surface area is 144 Å². The lowest BCUT2D eigenvalue weighted by molar-refractivity contribution is -0.304. The Morgan fingerprint density at radius 3 is 2.78 bits per heavy atom. The first-order chi connectivity index (χ1) is 11.0. The van der Waals surface area contributed by atoms with Gasteiger partial charge in [0.1, 0.15) is 10.8 Å². The summed E-state index contributed by atoms with van der Waals surface area (Å²) in [5.41, 5.74) is 1.52. The number of hydrogen-bond acceptors (Lipinski definition) is 4. The van der Waals surface area contributed by atoms with Crippen LogP contribution in [0, 0.1) is 5.82 Å². The second-order valence-electron chi connectivity index (χ2n) is 4.87. The first kappa shape index (κ1) is 15.8. The van der Waals surface area contributed by atoms with E-state index in [-0.39, 0.29) is 6.42 Å². The molecule has 0 aliphatic rings. The van der Waals surface area contributed by atoms with E-state index in [0.29, 0.717) is 20.6 Å². The normalized spacial score (nSPS) is 11.8. The zero-order valence-electron chi connectivity index (χ0n) is 11.8. The number of nitrogens with zero attached hydrogens (tertiary/aromatic N) is 1. The Morgan fingerprint density at radius 1 is 1.30 bits per heavy atom. The first-order valence-corrected chi connectivity index (χ1v) is 8.35. The third kappa shape index (κ3) is 3.65. The predicted molar refractivity (Wildman–Crippen MR) is 91.2 cm³/mol. The van der Waals surface area contributed by atoms with Gasteiger partial charge in [-0.1, -0.05) is 34.1 Å². The van der Waals surface area contributed by atoms with Crippen molar-refractivity contribution in [2.24, 2.45) is 0 Å². The lowest BCUT2D eigenvalue weighted by atomic mass is 10.1. The molecule has 3 rings (SSSR count). The maximum atomic E-state index is 14.0. The summed E-state index contributed by atoms with van der Waals surface area (Å²) in [4.78, 5) is 15.5. The van der Waals surface area contributed by atoms with Gasteiger partial charge in [0.15, 0.2) is 0 Å². The topological polar surface area (TPSA) is 53.0 Å². The summed E-state index contributed by atoms with van der Waals surface area (Å²) < 4.78 is 15.6. The fourth-order valence-electron chi connectivity index (χ4n) is 2.16. The fraction of sp³-hybridized carbons (Fsp3) is 0.0588. The monoisotopic (exact) mass is 390 g/mol. The Kier molecular flexibility index (Phi) is 4.54. The van der Waals surface area contributed by atoms with E-state index in [4.69, 9.17) is 0 Å². The van der Waals surface area contributed by atoms with Crippen molar-refractivity contribution in [1.82, 2.24) is 4.98 Å². The molecule has 116 valence electrons. The molecule has 0 N–H and O–H groups in total. The lowest BCUT2D eigenvalue weighted by Gasteiger charge is -2.06. The maximum absolute atomic E-state index is 14.0. The largest absolute Gasteiger partial charge is 0.550 e. The smallest absolute Gasteiger partial charge is 0.131 e. The fourth-order valence-corrected chi connectivity index (χ4v) is 3.47. The van der Waals surface area contributed by atoms with Crippen LogP contribution in [0.15, 0.2) is 46.9 Å². The number of benzene rings is 2. The summed E-state index contributed by atoms with van der Waals surface area (Å²) >= 11 is 4.57. The van der Waals surface area contributed by atoms with Crippen LogP contribution in [0.1, 0.15) is 17.0 Å². The van der Waals surface area contributed by atoms with Crippen molar-refractivity contribution < 1.29 is 14.3 Å². The molecule has 0 radical (unpaired) electrons. The van der Waals surface area contributed by atoms with Crippen molar-refractivity contribution in [3.05, 3.63) is 63.3 Å². The molecule has 0 saturated heterocycles. The number of fused-ring (bicyclic) bond motifs is 1. The van der Waals surface area contributed by atoms with Gasteiger partial charge < -0.3 is 9.90 Å². The SMILES string of the molecule is O=C([O-])C/C(=C\c1ccc(Br)cc1F)c1nc2ccccc2s1. The summed E-state index contributed by atoms with van der Waals surface area (Å²) in [5, 5.41) is 11.6. The van der Waals surface area contributed by atoms with E-state index in [1.165, 1.54) is 23.5 Å². The van der Waals surface area contributed by atoms with Crippen LogP contribution in [0.3, 0.4) is 0 Å². The van der Waals surface area contributed by atoms with Gasteiger partial charge in [-0.05, 0) is 35.9 Å². The van der Waals surface area contributed by atoms with Crippen molar-refractivity contribution in [2.45, 2.75) is 6.42 Å². The minimum absolute atomic E-state index is 0.309. The number of carbonyl (C=O) groups is 1. The molecular weight excluding hydrogens is 381 g/mol. The molecule has 0 aliphatic carbocycles. The Balaban J connectivity index is 2.09. The molecule has 23 heavy (non-hydrogen) atoms. The van der Waals surface area contributed by atoms with E-state index in [2.05, 4.69) is 20.9 Å². The molecule has 6 heteroatoms.